The molecule has 0 fully saturated rings. The molecular weight excluding hydrogens is 216 g/mol. The Morgan fingerprint density at radius 2 is 2.18 bits per heavy atom. The van der Waals surface area contributed by atoms with Crippen LogP contribution in [0.2, 0.25) is 0 Å². The molecule has 0 aliphatic carbocycles. The molecule has 1 aromatic carbocycles. The lowest BCUT2D eigenvalue weighted by atomic mass is 10.2. The van der Waals surface area contributed by atoms with Crippen LogP contribution >= 0.6 is 0 Å². The molecule has 1 heterocycles. The molecule has 4 heteroatoms. The number of nitrogens with two attached hydrogens (primary N) is 1. The van der Waals surface area contributed by atoms with Crippen LogP contribution in [0, 0.1) is 0 Å². The second-order valence-electron chi connectivity index (χ2n) is 3.88. The van der Waals surface area contributed by atoms with Crippen LogP contribution in [0.15, 0.2) is 36.5 Å². The van der Waals surface area contributed by atoms with Gasteiger partial charge in [-0.1, -0.05) is 6.07 Å². The van der Waals surface area contributed by atoms with Crippen molar-refractivity contribution in [1.82, 2.24) is 4.98 Å². The van der Waals surface area contributed by atoms with Gasteiger partial charge < -0.3 is 15.2 Å². The van der Waals surface area contributed by atoms with Gasteiger partial charge >= 0.3 is 0 Å². The smallest absolute Gasteiger partial charge is 0.121 e. The van der Waals surface area contributed by atoms with Gasteiger partial charge in [0.2, 0.25) is 0 Å². The lowest BCUT2D eigenvalue weighted by Gasteiger charge is -2.12. The summed E-state index contributed by atoms with van der Waals surface area (Å²) in [7, 11) is 1.62. The number of benzene rings is 1. The van der Waals surface area contributed by atoms with E-state index in [4.69, 9.17) is 15.2 Å². The lowest BCUT2D eigenvalue weighted by molar-refractivity contribution is 0.153. The van der Waals surface area contributed by atoms with Crippen LogP contribution in [0.4, 0.5) is 0 Å². The van der Waals surface area contributed by atoms with Gasteiger partial charge in [0.05, 0.1) is 18.2 Å². The van der Waals surface area contributed by atoms with Gasteiger partial charge in [-0.3, -0.25) is 4.98 Å². The zero-order valence-electron chi connectivity index (χ0n) is 9.80. The highest BCUT2D eigenvalue weighted by Gasteiger charge is 2.03. The molecule has 90 valence electrons. The van der Waals surface area contributed by atoms with Crippen LogP contribution in [0.25, 0.3) is 10.9 Å². The largest absolute Gasteiger partial charge is 0.492 e. The van der Waals surface area contributed by atoms with Crippen LogP contribution in [0.1, 0.15) is 0 Å². The molecule has 0 bridgehead atoms. The number of rotatable bonds is 5. The number of methoxy groups -OCH3 is 1. The first kappa shape index (κ1) is 11.8. The summed E-state index contributed by atoms with van der Waals surface area (Å²) in [5.74, 6) is 0.780. The third-order valence-electron chi connectivity index (χ3n) is 2.42. The molecule has 1 atom stereocenters. The number of hydrogen-bond acceptors (Lipinski definition) is 4. The van der Waals surface area contributed by atoms with Gasteiger partial charge in [-0.05, 0) is 18.2 Å². The maximum Gasteiger partial charge on any atom is 0.121 e. The monoisotopic (exact) mass is 232 g/mol. The molecule has 2 N–H and O–H groups in total. The van der Waals surface area contributed by atoms with Crippen molar-refractivity contribution in [3.8, 4) is 5.75 Å². The average molecular weight is 232 g/mol. The normalized spacial score (nSPS) is 12.6. The Hall–Kier alpha value is -1.65. The molecule has 4 nitrogen and oxygen atoms in total. The number of pyridine rings is 1. The fourth-order valence-corrected chi connectivity index (χ4v) is 1.60. The zero-order valence-corrected chi connectivity index (χ0v) is 9.80. The van der Waals surface area contributed by atoms with E-state index in [0.717, 1.165) is 16.7 Å². The fourth-order valence-electron chi connectivity index (χ4n) is 1.60. The molecule has 0 amide bonds. The molecular formula is C13H16N2O2. The van der Waals surface area contributed by atoms with Crippen molar-refractivity contribution in [2.75, 3.05) is 20.3 Å². The third-order valence-corrected chi connectivity index (χ3v) is 2.42. The van der Waals surface area contributed by atoms with E-state index in [1.807, 2.05) is 30.3 Å². The van der Waals surface area contributed by atoms with E-state index in [1.54, 1.807) is 13.3 Å². The van der Waals surface area contributed by atoms with Crippen LogP contribution < -0.4 is 10.5 Å². The molecule has 0 spiro atoms. The van der Waals surface area contributed by atoms with Gasteiger partial charge in [-0.25, -0.2) is 0 Å². The Morgan fingerprint density at radius 3 is 3.00 bits per heavy atom. The fraction of sp³-hybridized carbons (Fsp3) is 0.308. The van der Waals surface area contributed by atoms with Crippen LogP contribution in [0.3, 0.4) is 0 Å². The zero-order chi connectivity index (χ0) is 12.1. The Labute approximate surface area is 100 Å². The minimum atomic E-state index is -0.112. The summed E-state index contributed by atoms with van der Waals surface area (Å²) in [4.78, 5) is 4.27. The summed E-state index contributed by atoms with van der Waals surface area (Å²) in [5, 5.41) is 1.10. The molecule has 0 saturated carbocycles. The van der Waals surface area contributed by atoms with Crippen molar-refractivity contribution in [3.05, 3.63) is 36.5 Å². The number of nitrogens with zero attached hydrogens (tertiary/aromatic N) is 1. The Balaban J connectivity index is 2.04. The van der Waals surface area contributed by atoms with Crippen LogP contribution in [0.5, 0.6) is 5.75 Å². The van der Waals surface area contributed by atoms with Crippen molar-refractivity contribution in [3.63, 3.8) is 0 Å². The van der Waals surface area contributed by atoms with E-state index in [1.165, 1.54) is 0 Å². The van der Waals surface area contributed by atoms with E-state index >= 15 is 0 Å². The summed E-state index contributed by atoms with van der Waals surface area (Å²) in [6.07, 6.45) is 1.77. The van der Waals surface area contributed by atoms with Gasteiger partial charge in [-0.2, -0.15) is 0 Å². The van der Waals surface area contributed by atoms with Gasteiger partial charge in [0.1, 0.15) is 12.4 Å². The van der Waals surface area contributed by atoms with Crippen molar-refractivity contribution < 1.29 is 9.47 Å². The van der Waals surface area contributed by atoms with Gasteiger partial charge in [0.25, 0.3) is 0 Å². The summed E-state index contributed by atoms with van der Waals surface area (Å²) < 4.78 is 10.5. The van der Waals surface area contributed by atoms with E-state index in [9.17, 15) is 0 Å². The minimum Gasteiger partial charge on any atom is -0.492 e. The molecule has 0 aliphatic heterocycles. The first-order chi connectivity index (χ1) is 8.29. The Kier molecular flexibility index (Phi) is 3.90. The third kappa shape index (κ3) is 3.15. The predicted octanol–water partition coefficient (Wildman–Crippen LogP) is 1.59. The first-order valence-corrected chi connectivity index (χ1v) is 5.51. The highest BCUT2D eigenvalue weighted by atomic mass is 16.5. The Bertz CT molecular complexity index is 488. The molecule has 0 aliphatic rings. The standard InChI is InChI=1S/C13H16N2O2/c1-16-8-11(14)9-17-12-5-4-10-3-2-6-15-13(10)7-12/h2-7,11H,8-9,14H2,1H3. The summed E-state index contributed by atoms with van der Waals surface area (Å²) in [5.41, 5.74) is 6.70. The highest BCUT2D eigenvalue weighted by molar-refractivity contribution is 5.79. The van der Waals surface area contributed by atoms with Crippen molar-refractivity contribution in [2.45, 2.75) is 6.04 Å². The number of aromatic nitrogens is 1. The molecule has 2 aromatic rings. The van der Waals surface area contributed by atoms with Crippen molar-refractivity contribution in [2.24, 2.45) is 5.73 Å². The minimum absolute atomic E-state index is 0.112. The Morgan fingerprint density at radius 1 is 1.29 bits per heavy atom. The number of hydrogen-bond donors (Lipinski definition) is 1. The first-order valence-electron chi connectivity index (χ1n) is 5.51. The molecule has 1 unspecified atom stereocenters. The topological polar surface area (TPSA) is 57.4 Å². The van der Waals surface area contributed by atoms with Gasteiger partial charge in [0.15, 0.2) is 0 Å². The molecule has 2 rings (SSSR count). The molecule has 0 saturated heterocycles. The van der Waals surface area contributed by atoms with Gasteiger partial charge in [-0.15, -0.1) is 0 Å². The second kappa shape index (κ2) is 5.61. The molecule has 17 heavy (non-hydrogen) atoms. The van der Waals surface area contributed by atoms with E-state index in [-0.39, 0.29) is 6.04 Å². The van der Waals surface area contributed by atoms with E-state index < -0.39 is 0 Å². The second-order valence-corrected chi connectivity index (χ2v) is 3.88. The van der Waals surface area contributed by atoms with E-state index in [0.29, 0.717) is 13.2 Å². The highest BCUT2D eigenvalue weighted by Crippen LogP contribution is 2.18. The van der Waals surface area contributed by atoms with Crippen LogP contribution in [-0.4, -0.2) is 31.3 Å². The summed E-state index contributed by atoms with van der Waals surface area (Å²) in [6.45, 7) is 0.929. The number of ether oxygens (including phenoxy) is 2. The summed E-state index contributed by atoms with van der Waals surface area (Å²) in [6, 6.07) is 9.64. The average Bonchev–Trinajstić information content (AvgIpc) is 2.36. The predicted molar refractivity (Wildman–Crippen MR) is 67.1 cm³/mol. The summed E-state index contributed by atoms with van der Waals surface area (Å²) >= 11 is 0. The maximum absolute atomic E-state index is 5.78. The molecule has 0 radical (unpaired) electrons. The van der Waals surface area contributed by atoms with E-state index in [2.05, 4.69) is 4.98 Å². The van der Waals surface area contributed by atoms with Crippen LogP contribution in [-0.2, 0) is 4.74 Å². The SMILES string of the molecule is COCC(N)COc1ccc2cccnc2c1. The quantitative estimate of drug-likeness (QED) is 0.850. The maximum atomic E-state index is 5.78. The van der Waals surface area contributed by atoms with Crippen molar-refractivity contribution >= 4 is 10.9 Å². The lowest BCUT2D eigenvalue weighted by Crippen LogP contribution is -2.32. The number of fused-ring (bicyclic) bond motifs is 1. The van der Waals surface area contributed by atoms with Crippen molar-refractivity contribution in [1.29, 1.82) is 0 Å². The van der Waals surface area contributed by atoms with Gasteiger partial charge in [0, 0.05) is 24.8 Å². The molecule has 1 aromatic heterocycles.